The number of hydrogen-bond donors (Lipinski definition) is 1. The van der Waals surface area contributed by atoms with Crippen molar-refractivity contribution in [3.63, 3.8) is 0 Å². The maximum atomic E-state index is 12.2. The Balaban J connectivity index is 1.78. The van der Waals surface area contributed by atoms with Crippen LogP contribution in [0.1, 0.15) is 15.9 Å². The van der Waals surface area contributed by atoms with Gasteiger partial charge in [-0.25, -0.2) is 4.68 Å². The molecular formula is C16H13BrN4O. The molecule has 0 unspecified atom stereocenters. The van der Waals surface area contributed by atoms with Gasteiger partial charge in [0.25, 0.3) is 5.91 Å². The van der Waals surface area contributed by atoms with Crippen LogP contribution in [-0.4, -0.2) is 20.7 Å². The molecule has 0 saturated carbocycles. The molecule has 22 heavy (non-hydrogen) atoms. The number of carbonyl (C=O) groups is 1. The predicted molar refractivity (Wildman–Crippen MR) is 87.7 cm³/mol. The smallest absolute Gasteiger partial charge is 0.258 e. The quantitative estimate of drug-likeness (QED) is 0.779. The first-order valence-corrected chi connectivity index (χ1v) is 7.50. The first kappa shape index (κ1) is 14.5. The first-order chi connectivity index (χ1) is 10.7. The number of rotatable bonds is 4. The minimum Gasteiger partial charge on any atom is -0.307 e. The molecule has 3 aromatic rings. The van der Waals surface area contributed by atoms with Crippen molar-refractivity contribution >= 4 is 27.7 Å². The molecule has 5 nitrogen and oxygen atoms in total. The highest BCUT2D eigenvalue weighted by Crippen LogP contribution is 2.19. The van der Waals surface area contributed by atoms with E-state index in [1.54, 1.807) is 35.3 Å². The summed E-state index contributed by atoms with van der Waals surface area (Å²) in [4.78, 5) is 16.1. The highest BCUT2D eigenvalue weighted by atomic mass is 79.9. The fraction of sp³-hybridized carbons (Fsp3) is 0.0625. The molecule has 0 spiro atoms. The molecule has 2 heterocycles. The third kappa shape index (κ3) is 3.23. The molecule has 0 radical (unpaired) electrons. The number of aromatic nitrogens is 3. The SMILES string of the molecule is O=C(Nc1ccnn1Cc1ccccc1Br)c1cccnc1. The fourth-order valence-electron chi connectivity index (χ4n) is 2.04. The summed E-state index contributed by atoms with van der Waals surface area (Å²) in [7, 11) is 0. The van der Waals surface area contributed by atoms with Gasteiger partial charge in [0, 0.05) is 22.9 Å². The van der Waals surface area contributed by atoms with Crippen LogP contribution in [0, 0.1) is 0 Å². The monoisotopic (exact) mass is 356 g/mol. The van der Waals surface area contributed by atoms with Gasteiger partial charge in [0.2, 0.25) is 0 Å². The molecule has 1 N–H and O–H groups in total. The summed E-state index contributed by atoms with van der Waals surface area (Å²) < 4.78 is 2.75. The van der Waals surface area contributed by atoms with Crippen molar-refractivity contribution in [2.45, 2.75) is 6.54 Å². The largest absolute Gasteiger partial charge is 0.307 e. The molecule has 110 valence electrons. The number of nitrogens with zero attached hydrogens (tertiary/aromatic N) is 3. The van der Waals surface area contributed by atoms with E-state index in [4.69, 9.17) is 0 Å². The summed E-state index contributed by atoms with van der Waals surface area (Å²) in [6, 6.07) is 13.1. The van der Waals surface area contributed by atoms with Gasteiger partial charge in [0.1, 0.15) is 5.82 Å². The van der Waals surface area contributed by atoms with E-state index in [2.05, 4.69) is 31.3 Å². The Morgan fingerprint density at radius 1 is 1.14 bits per heavy atom. The molecule has 2 aromatic heterocycles. The molecule has 0 bridgehead atoms. The van der Waals surface area contributed by atoms with Crippen molar-refractivity contribution in [2.24, 2.45) is 0 Å². The second-order valence-corrected chi connectivity index (χ2v) is 5.52. The van der Waals surface area contributed by atoms with Gasteiger partial charge in [-0.2, -0.15) is 5.10 Å². The number of benzene rings is 1. The third-order valence-electron chi connectivity index (χ3n) is 3.16. The lowest BCUT2D eigenvalue weighted by Gasteiger charge is -2.10. The highest BCUT2D eigenvalue weighted by Gasteiger charge is 2.10. The predicted octanol–water partition coefficient (Wildman–Crippen LogP) is 3.34. The lowest BCUT2D eigenvalue weighted by Crippen LogP contribution is -2.16. The Kier molecular flexibility index (Phi) is 4.29. The zero-order valence-electron chi connectivity index (χ0n) is 11.6. The average molecular weight is 357 g/mol. The van der Waals surface area contributed by atoms with Crippen LogP contribution in [0.25, 0.3) is 0 Å². The standard InChI is InChI=1S/C16H13BrN4O/c17-14-6-2-1-4-13(14)11-21-15(7-9-19-21)20-16(22)12-5-3-8-18-10-12/h1-10H,11H2,(H,20,22). The van der Waals surface area contributed by atoms with E-state index < -0.39 is 0 Å². The molecule has 3 rings (SSSR count). The minimum absolute atomic E-state index is 0.207. The summed E-state index contributed by atoms with van der Waals surface area (Å²) in [5.41, 5.74) is 1.60. The van der Waals surface area contributed by atoms with Gasteiger partial charge in [0.15, 0.2) is 0 Å². The molecule has 6 heteroatoms. The Labute approximate surface area is 136 Å². The van der Waals surface area contributed by atoms with Crippen LogP contribution in [0.4, 0.5) is 5.82 Å². The lowest BCUT2D eigenvalue weighted by atomic mass is 10.2. The molecule has 1 aromatic carbocycles. The molecule has 1 amide bonds. The Morgan fingerprint density at radius 3 is 2.77 bits per heavy atom. The molecule has 0 saturated heterocycles. The van der Waals surface area contributed by atoms with E-state index in [9.17, 15) is 4.79 Å². The van der Waals surface area contributed by atoms with E-state index >= 15 is 0 Å². The number of carbonyl (C=O) groups excluding carboxylic acids is 1. The van der Waals surface area contributed by atoms with Gasteiger partial charge in [-0.15, -0.1) is 0 Å². The van der Waals surface area contributed by atoms with Gasteiger partial charge >= 0.3 is 0 Å². The molecular weight excluding hydrogens is 344 g/mol. The molecule has 0 aliphatic rings. The topological polar surface area (TPSA) is 59.8 Å². The lowest BCUT2D eigenvalue weighted by molar-refractivity contribution is 0.102. The van der Waals surface area contributed by atoms with Crippen molar-refractivity contribution in [3.05, 3.63) is 76.7 Å². The average Bonchev–Trinajstić information content (AvgIpc) is 2.97. The molecule has 0 atom stereocenters. The normalized spacial score (nSPS) is 10.4. The zero-order valence-corrected chi connectivity index (χ0v) is 13.2. The van der Waals surface area contributed by atoms with Crippen LogP contribution in [0.3, 0.4) is 0 Å². The summed E-state index contributed by atoms with van der Waals surface area (Å²) in [5, 5.41) is 7.12. The van der Waals surface area contributed by atoms with Gasteiger partial charge in [0.05, 0.1) is 18.3 Å². The third-order valence-corrected chi connectivity index (χ3v) is 3.93. The summed E-state index contributed by atoms with van der Waals surface area (Å²) in [5.74, 6) is 0.437. The Bertz CT molecular complexity index is 786. The summed E-state index contributed by atoms with van der Waals surface area (Å²) in [6.07, 6.45) is 4.83. The van der Waals surface area contributed by atoms with E-state index in [1.165, 1.54) is 6.20 Å². The van der Waals surface area contributed by atoms with Crippen LogP contribution < -0.4 is 5.32 Å². The maximum absolute atomic E-state index is 12.2. The van der Waals surface area contributed by atoms with Crippen molar-refractivity contribution < 1.29 is 4.79 Å². The summed E-state index contributed by atoms with van der Waals surface area (Å²) >= 11 is 3.52. The summed E-state index contributed by atoms with van der Waals surface area (Å²) in [6.45, 7) is 0.567. The molecule has 0 fully saturated rings. The van der Waals surface area contributed by atoms with Crippen LogP contribution >= 0.6 is 15.9 Å². The highest BCUT2D eigenvalue weighted by molar-refractivity contribution is 9.10. The van der Waals surface area contributed by atoms with Gasteiger partial charge in [-0.3, -0.25) is 9.78 Å². The Hall–Kier alpha value is -2.47. The second kappa shape index (κ2) is 6.53. The van der Waals surface area contributed by atoms with Gasteiger partial charge < -0.3 is 5.32 Å². The van der Waals surface area contributed by atoms with Crippen LogP contribution in [0.15, 0.2) is 65.5 Å². The van der Waals surface area contributed by atoms with Crippen LogP contribution in [0.2, 0.25) is 0 Å². The van der Waals surface area contributed by atoms with Gasteiger partial charge in [-0.05, 0) is 23.8 Å². The van der Waals surface area contributed by atoms with E-state index in [1.807, 2.05) is 24.3 Å². The zero-order chi connectivity index (χ0) is 15.4. The maximum Gasteiger partial charge on any atom is 0.258 e. The number of anilines is 1. The van der Waals surface area contributed by atoms with Crippen molar-refractivity contribution in [3.8, 4) is 0 Å². The van der Waals surface area contributed by atoms with E-state index in [0.29, 0.717) is 17.9 Å². The fourth-order valence-corrected chi connectivity index (χ4v) is 2.45. The van der Waals surface area contributed by atoms with Crippen molar-refractivity contribution in [1.82, 2.24) is 14.8 Å². The Morgan fingerprint density at radius 2 is 2.00 bits per heavy atom. The van der Waals surface area contributed by atoms with Crippen molar-refractivity contribution in [2.75, 3.05) is 5.32 Å². The number of nitrogens with one attached hydrogen (secondary N) is 1. The molecule has 0 aliphatic carbocycles. The number of hydrogen-bond acceptors (Lipinski definition) is 3. The van der Waals surface area contributed by atoms with Crippen LogP contribution in [0.5, 0.6) is 0 Å². The number of amides is 1. The first-order valence-electron chi connectivity index (χ1n) is 6.70. The number of halogens is 1. The van der Waals surface area contributed by atoms with Crippen molar-refractivity contribution in [1.29, 1.82) is 0 Å². The van der Waals surface area contributed by atoms with Gasteiger partial charge in [-0.1, -0.05) is 34.1 Å². The molecule has 0 aliphatic heterocycles. The minimum atomic E-state index is -0.207. The van der Waals surface area contributed by atoms with Crippen LogP contribution in [-0.2, 0) is 6.54 Å². The number of pyridine rings is 1. The van der Waals surface area contributed by atoms with E-state index in [0.717, 1.165) is 10.0 Å². The second-order valence-electron chi connectivity index (χ2n) is 4.66. The van der Waals surface area contributed by atoms with E-state index in [-0.39, 0.29) is 5.91 Å².